The van der Waals surface area contributed by atoms with E-state index >= 15 is 0 Å². The molecule has 4 atom stereocenters. The van der Waals surface area contributed by atoms with Crippen LogP contribution in [0.25, 0.3) is 11.1 Å². The van der Waals surface area contributed by atoms with E-state index in [0.29, 0.717) is 22.3 Å². The lowest BCUT2D eigenvalue weighted by Gasteiger charge is -2.50. The van der Waals surface area contributed by atoms with Gasteiger partial charge >= 0.3 is 6.18 Å². The molecule has 5 rings (SSSR count). The molecule has 2 aromatic carbocycles. The van der Waals surface area contributed by atoms with Crippen molar-refractivity contribution in [1.29, 1.82) is 0 Å². The molecule has 2 aromatic rings. The maximum Gasteiger partial charge on any atom is 0.401 e. The van der Waals surface area contributed by atoms with E-state index in [4.69, 9.17) is 5.73 Å². The van der Waals surface area contributed by atoms with E-state index in [2.05, 4.69) is 5.32 Å². The molecule has 0 saturated carbocycles. The molecule has 1 amide bonds. The molecule has 0 bridgehead atoms. The zero-order valence-electron chi connectivity index (χ0n) is 23.2. The van der Waals surface area contributed by atoms with Crippen LogP contribution in [-0.2, 0) is 22.6 Å². The predicted molar refractivity (Wildman–Crippen MR) is 147 cm³/mol. The molecule has 0 saturated heterocycles. The number of carbonyl (C=O) groups excluding carboxylic acids is 3. The molecule has 0 radical (unpaired) electrons. The maximum absolute atomic E-state index is 13.9. The van der Waals surface area contributed by atoms with Gasteiger partial charge in [0.05, 0.1) is 18.2 Å². The summed E-state index contributed by atoms with van der Waals surface area (Å²) in [6.45, 7) is -1.16. The van der Waals surface area contributed by atoms with Gasteiger partial charge < -0.3 is 31.5 Å². The highest BCUT2D eigenvalue weighted by Gasteiger charge is 2.63. The van der Waals surface area contributed by atoms with Crippen LogP contribution in [0.15, 0.2) is 59.1 Å². The Balaban J connectivity index is 1.57. The molecule has 0 fully saturated rings. The Morgan fingerprint density at radius 2 is 1.74 bits per heavy atom. The Labute approximate surface area is 243 Å². The minimum absolute atomic E-state index is 0.0176. The summed E-state index contributed by atoms with van der Waals surface area (Å²) in [5.74, 6) is -7.30. The van der Waals surface area contributed by atoms with Crippen LogP contribution in [0.5, 0.6) is 5.75 Å². The normalized spacial score (nSPS) is 25.5. The number of phenols is 1. The van der Waals surface area contributed by atoms with Crippen LogP contribution in [0.4, 0.5) is 13.2 Å². The number of nitrogens with one attached hydrogen (secondary N) is 1. The second kappa shape index (κ2) is 10.5. The second-order valence-electron chi connectivity index (χ2n) is 11.4. The second-order valence-corrected chi connectivity index (χ2v) is 11.4. The average Bonchev–Trinajstić information content (AvgIpc) is 2.90. The highest BCUT2D eigenvalue weighted by atomic mass is 19.4. The standard InChI is InChI=1S/C30H30F3N3O7/c1-36(2)23-18-10-15-9-17-16(14-5-3-13(4-6-14)11-35-12-29(31,32)33)7-8-19(37)21(17)24(38)20(15)26(40)30(18,43)27(41)22(25(23)39)28(34)42/h3-8,15,18,23,35,37,39-40,43H,9-12H2,1-2H3,(H2,34,42)/t15-,18-,23?,30+/m1/s1. The van der Waals surface area contributed by atoms with E-state index in [1.807, 2.05) is 0 Å². The first-order valence-electron chi connectivity index (χ1n) is 13.4. The van der Waals surface area contributed by atoms with Crippen LogP contribution in [0.3, 0.4) is 0 Å². The Morgan fingerprint density at radius 1 is 1.09 bits per heavy atom. The molecule has 0 spiro atoms. The predicted octanol–water partition coefficient (Wildman–Crippen LogP) is 2.44. The number of aliphatic hydroxyl groups excluding tert-OH is 2. The maximum atomic E-state index is 13.9. The van der Waals surface area contributed by atoms with Gasteiger partial charge in [0.25, 0.3) is 5.91 Å². The van der Waals surface area contributed by atoms with E-state index in [1.165, 1.54) is 11.0 Å². The van der Waals surface area contributed by atoms with Crippen molar-refractivity contribution in [1.82, 2.24) is 10.2 Å². The summed E-state index contributed by atoms with van der Waals surface area (Å²) in [4.78, 5) is 40.8. The summed E-state index contributed by atoms with van der Waals surface area (Å²) in [5.41, 5.74) is 3.58. The lowest BCUT2D eigenvalue weighted by molar-refractivity contribution is -0.148. The molecular weight excluding hydrogens is 571 g/mol. The SMILES string of the molecule is CN(C)C1C(O)=C(C(N)=O)C(=O)[C@@]2(O)C(O)=C3C(=O)c4c(O)ccc(-c5ccc(CNCC(F)(F)F)cc5)c4C[C@@H]3C[C@H]12. The van der Waals surface area contributed by atoms with Gasteiger partial charge in [-0.25, -0.2) is 0 Å². The number of carbonyl (C=O) groups is 3. The number of hydrogen-bond donors (Lipinski definition) is 6. The molecule has 10 nitrogen and oxygen atoms in total. The largest absolute Gasteiger partial charge is 0.510 e. The van der Waals surface area contributed by atoms with Crippen LogP contribution in [-0.4, -0.2) is 81.3 Å². The zero-order valence-corrected chi connectivity index (χ0v) is 23.2. The highest BCUT2D eigenvalue weighted by Crippen LogP contribution is 2.53. The number of ketones is 2. The molecule has 43 heavy (non-hydrogen) atoms. The third kappa shape index (κ3) is 4.86. The number of allylic oxidation sites excluding steroid dienone is 1. The fourth-order valence-corrected chi connectivity index (χ4v) is 6.67. The summed E-state index contributed by atoms with van der Waals surface area (Å²) in [6, 6.07) is 8.44. The van der Waals surface area contributed by atoms with Gasteiger partial charge in [0.1, 0.15) is 22.8 Å². The zero-order chi connectivity index (χ0) is 31.6. The highest BCUT2D eigenvalue weighted by molar-refractivity contribution is 6.24. The van der Waals surface area contributed by atoms with Gasteiger partial charge in [-0.2, -0.15) is 13.2 Å². The van der Waals surface area contributed by atoms with E-state index in [-0.39, 0.29) is 36.3 Å². The number of likely N-dealkylation sites (N-methyl/N-ethyl adjacent to an activating group) is 1. The van der Waals surface area contributed by atoms with Gasteiger partial charge in [0, 0.05) is 18.0 Å². The number of nitrogens with zero attached hydrogens (tertiary/aromatic N) is 1. The first kappa shape index (κ1) is 30.3. The molecular formula is C30H30F3N3O7. The molecule has 3 aliphatic carbocycles. The van der Waals surface area contributed by atoms with Crippen molar-refractivity contribution < 1.29 is 48.0 Å². The summed E-state index contributed by atoms with van der Waals surface area (Å²) in [5, 5.41) is 47.0. The molecule has 228 valence electrons. The number of aromatic hydroxyl groups is 1. The van der Waals surface area contributed by atoms with E-state index in [1.54, 1.807) is 44.4 Å². The van der Waals surface area contributed by atoms with Gasteiger partial charge in [-0.05, 0) is 61.2 Å². The molecule has 13 heteroatoms. The molecule has 0 aromatic heterocycles. The number of aliphatic hydroxyl groups is 3. The monoisotopic (exact) mass is 601 g/mol. The number of phenolic OH excluding ortho intramolecular Hbond substituents is 1. The smallest absolute Gasteiger partial charge is 0.401 e. The number of halogens is 3. The summed E-state index contributed by atoms with van der Waals surface area (Å²) in [6.07, 6.45) is -4.29. The van der Waals surface area contributed by atoms with Crippen LogP contribution in [0, 0.1) is 11.8 Å². The van der Waals surface area contributed by atoms with E-state index in [0.717, 1.165) is 0 Å². The van der Waals surface area contributed by atoms with Crippen molar-refractivity contribution in [3.05, 3.63) is 75.8 Å². The molecule has 7 N–H and O–H groups in total. The number of amides is 1. The van der Waals surface area contributed by atoms with Gasteiger partial charge in [-0.15, -0.1) is 0 Å². The van der Waals surface area contributed by atoms with E-state index < -0.39 is 70.8 Å². The summed E-state index contributed by atoms with van der Waals surface area (Å²) < 4.78 is 37.4. The summed E-state index contributed by atoms with van der Waals surface area (Å²) in [7, 11) is 3.09. The molecule has 0 aliphatic heterocycles. The van der Waals surface area contributed by atoms with Gasteiger partial charge in [0.15, 0.2) is 11.4 Å². The number of fused-ring (bicyclic) bond motifs is 3. The van der Waals surface area contributed by atoms with Crippen LogP contribution >= 0.6 is 0 Å². The number of hydrogen-bond acceptors (Lipinski definition) is 9. The lowest BCUT2D eigenvalue weighted by atomic mass is 9.58. The molecule has 3 aliphatic rings. The quantitative estimate of drug-likeness (QED) is 0.272. The van der Waals surface area contributed by atoms with Crippen molar-refractivity contribution in [3.63, 3.8) is 0 Å². The van der Waals surface area contributed by atoms with Gasteiger partial charge in [0.2, 0.25) is 5.78 Å². The Kier molecular flexibility index (Phi) is 7.39. The Bertz CT molecular complexity index is 1600. The Morgan fingerprint density at radius 3 is 2.33 bits per heavy atom. The molecule has 1 unspecified atom stereocenters. The molecule has 0 heterocycles. The Hall–Kier alpha value is -4.20. The lowest BCUT2D eigenvalue weighted by Crippen LogP contribution is -2.63. The number of alkyl halides is 3. The average molecular weight is 602 g/mol. The fraction of sp³-hybridized carbons (Fsp3) is 0.367. The number of benzene rings is 2. The van der Waals surface area contributed by atoms with Crippen LogP contribution in [0.1, 0.15) is 27.9 Å². The van der Waals surface area contributed by atoms with E-state index in [9.17, 15) is 48.0 Å². The van der Waals surface area contributed by atoms with Crippen molar-refractivity contribution in [3.8, 4) is 16.9 Å². The van der Waals surface area contributed by atoms with Gasteiger partial charge in [-0.3, -0.25) is 19.3 Å². The third-order valence-electron chi connectivity index (χ3n) is 8.53. The number of primary amides is 1. The van der Waals surface area contributed by atoms with Crippen molar-refractivity contribution >= 4 is 17.5 Å². The van der Waals surface area contributed by atoms with Crippen molar-refractivity contribution in [2.45, 2.75) is 37.2 Å². The van der Waals surface area contributed by atoms with Crippen molar-refractivity contribution in [2.75, 3.05) is 20.6 Å². The first-order valence-corrected chi connectivity index (χ1v) is 13.4. The van der Waals surface area contributed by atoms with Crippen LogP contribution in [0.2, 0.25) is 0 Å². The third-order valence-corrected chi connectivity index (χ3v) is 8.53. The minimum Gasteiger partial charge on any atom is -0.510 e. The number of rotatable bonds is 6. The summed E-state index contributed by atoms with van der Waals surface area (Å²) >= 11 is 0. The van der Waals surface area contributed by atoms with Crippen molar-refractivity contribution in [2.24, 2.45) is 17.6 Å². The van der Waals surface area contributed by atoms with Crippen LogP contribution < -0.4 is 11.1 Å². The fourth-order valence-electron chi connectivity index (χ4n) is 6.67. The number of nitrogens with two attached hydrogens (primary N) is 1. The first-order chi connectivity index (χ1) is 20.1. The van der Waals surface area contributed by atoms with Gasteiger partial charge in [-0.1, -0.05) is 30.3 Å². The topological polar surface area (TPSA) is 173 Å². The number of Topliss-reactive ketones (excluding diaryl/α,β-unsaturated/α-hetero) is 2. The minimum atomic E-state index is -4.34.